The van der Waals surface area contributed by atoms with Crippen molar-refractivity contribution in [3.05, 3.63) is 18.2 Å². The first-order valence-corrected chi connectivity index (χ1v) is 5.39. The molecule has 0 aliphatic heterocycles. The zero-order valence-electron chi connectivity index (χ0n) is 9.75. The van der Waals surface area contributed by atoms with E-state index in [1.165, 1.54) is 0 Å². The zero-order valence-corrected chi connectivity index (χ0v) is 9.75. The lowest BCUT2D eigenvalue weighted by molar-refractivity contribution is -0.142. The van der Waals surface area contributed by atoms with Gasteiger partial charge in [0.15, 0.2) is 0 Å². The summed E-state index contributed by atoms with van der Waals surface area (Å²) in [6.07, 6.45) is 0.349. The van der Waals surface area contributed by atoms with Gasteiger partial charge in [-0.3, -0.25) is 4.79 Å². The van der Waals surface area contributed by atoms with E-state index < -0.39 is 0 Å². The number of rotatable bonds is 5. The lowest BCUT2D eigenvalue weighted by atomic mass is 9.93. The number of nitrogen functional groups attached to an aromatic ring is 1. The maximum absolute atomic E-state index is 11.1. The molecule has 3 N–H and O–H groups in total. The Balaban J connectivity index is 2.46. The van der Waals surface area contributed by atoms with Crippen molar-refractivity contribution >= 4 is 30.7 Å². The number of para-hydroxylation sites is 1. The lowest BCUT2D eigenvalue weighted by Gasteiger charge is -2.11. The Morgan fingerprint density at radius 2 is 2.31 bits per heavy atom. The molecule has 0 aliphatic carbocycles. The second kappa shape index (κ2) is 6.05. The third-order valence-electron chi connectivity index (χ3n) is 2.24. The quantitative estimate of drug-likeness (QED) is 0.413. The van der Waals surface area contributed by atoms with Crippen LogP contribution in [-0.2, 0) is 9.53 Å². The molecule has 86 valence electrons. The lowest BCUT2D eigenvalue weighted by Crippen LogP contribution is -2.18. The Kier molecular flexibility index (Phi) is 4.70. The number of carbonyl (C=O) groups is 1. The minimum absolute atomic E-state index is 0.192. The van der Waals surface area contributed by atoms with Gasteiger partial charge in [0.2, 0.25) is 0 Å². The normalized spacial score (nSPS) is 9.81. The fourth-order valence-electron chi connectivity index (χ4n) is 1.45. The molecule has 0 saturated heterocycles. The summed E-state index contributed by atoms with van der Waals surface area (Å²) in [7, 11) is 1.98. The Morgan fingerprint density at radius 3 is 2.94 bits per heavy atom. The van der Waals surface area contributed by atoms with Gasteiger partial charge in [0.1, 0.15) is 7.85 Å². The molecule has 16 heavy (non-hydrogen) atoms. The van der Waals surface area contributed by atoms with Gasteiger partial charge in [0.05, 0.1) is 24.4 Å². The van der Waals surface area contributed by atoms with Crippen molar-refractivity contribution in [2.24, 2.45) is 0 Å². The Labute approximate surface area is 96.6 Å². The minimum Gasteiger partial charge on any atom is -0.466 e. The van der Waals surface area contributed by atoms with Gasteiger partial charge in [-0.15, -0.1) is 0 Å². The molecule has 0 fully saturated rings. The van der Waals surface area contributed by atoms with Crippen molar-refractivity contribution in [2.75, 3.05) is 24.2 Å². The number of anilines is 2. The van der Waals surface area contributed by atoms with E-state index in [-0.39, 0.29) is 5.97 Å². The van der Waals surface area contributed by atoms with Gasteiger partial charge >= 0.3 is 5.97 Å². The molecular weight excluding hydrogens is 203 g/mol. The fraction of sp³-hybridized carbons (Fsp3) is 0.364. The Bertz CT molecular complexity index is 349. The zero-order chi connectivity index (χ0) is 12.0. The summed E-state index contributed by atoms with van der Waals surface area (Å²) in [5.41, 5.74) is 8.48. The number of ether oxygens (including phenoxy) is 1. The van der Waals surface area contributed by atoms with Crippen LogP contribution in [0.5, 0.6) is 0 Å². The van der Waals surface area contributed by atoms with Gasteiger partial charge in [0.25, 0.3) is 0 Å². The van der Waals surface area contributed by atoms with Gasteiger partial charge in [0, 0.05) is 6.54 Å². The smallest absolute Gasteiger partial charge is 0.307 e. The highest BCUT2D eigenvalue weighted by atomic mass is 16.5. The molecule has 0 amide bonds. The van der Waals surface area contributed by atoms with Crippen LogP contribution in [0.25, 0.3) is 0 Å². The molecule has 1 rings (SSSR count). The SMILES string of the molecule is Bc1cccc(N)c1NCCC(=O)OCC. The maximum atomic E-state index is 11.1. The monoisotopic (exact) mass is 220 g/mol. The van der Waals surface area contributed by atoms with E-state index >= 15 is 0 Å². The molecule has 0 aromatic heterocycles. The molecule has 0 radical (unpaired) electrons. The number of nitrogens with one attached hydrogen (secondary N) is 1. The van der Waals surface area contributed by atoms with Crippen molar-refractivity contribution in [3.8, 4) is 0 Å². The standard InChI is InChI=1S/C11H17BN2O2/c1-2-16-10(15)6-7-14-11-8(12)4-3-5-9(11)13/h3-5,14H,2,6-7,12-13H2,1H3. The highest BCUT2D eigenvalue weighted by Gasteiger charge is 2.04. The molecule has 0 spiro atoms. The van der Waals surface area contributed by atoms with Crippen molar-refractivity contribution in [1.29, 1.82) is 0 Å². The topological polar surface area (TPSA) is 64.3 Å². The summed E-state index contributed by atoms with van der Waals surface area (Å²) in [5.74, 6) is -0.192. The van der Waals surface area contributed by atoms with E-state index in [4.69, 9.17) is 10.5 Å². The van der Waals surface area contributed by atoms with E-state index in [9.17, 15) is 4.79 Å². The number of carbonyl (C=O) groups excluding carboxylic acids is 1. The first kappa shape index (κ1) is 12.4. The molecule has 5 heteroatoms. The summed E-state index contributed by atoms with van der Waals surface area (Å²) in [6, 6.07) is 5.71. The second-order valence-electron chi connectivity index (χ2n) is 3.52. The Hall–Kier alpha value is -1.65. The van der Waals surface area contributed by atoms with Crippen LogP contribution in [0, 0.1) is 0 Å². The summed E-state index contributed by atoms with van der Waals surface area (Å²) in [4.78, 5) is 11.1. The van der Waals surface area contributed by atoms with Crippen LogP contribution < -0.4 is 16.5 Å². The summed E-state index contributed by atoms with van der Waals surface area (Å²) in [5, 5.41) is 3.14. The molecule has 0 bridgehead atoms. The van der Waals surface area contributed by atoms with Gasteiger partial charge in [-0.05, 0) is 13.0 Å². The molecule has 0 saturated carbocycles. The Morgan fingerprint density at radius 1 is 1.56 bits per heavy atom. The van der Waals surface area contributed by atoms with Gasteiger partial charge in [-0.1, -0.05) is 17.6 Å². The highest BCUT2D eigenvalue weighted by Crippen LogP contribution is 2.13. The van der Waals surface area contributed by atoms with Crippen LogP contribution in [0.3, 0.4) is 0 Å². The van der Waals surface area contributed by atoms with Crippen molar-refractivity contribution in [2.45, 2.75) is 13.3 Å². The predicted octanol–water partition coefficient (Wildman–Crippen LogP) is -0.108. The van der Waals surface area contributed by atoms with Crippen LogP contribution in [0.2, 0.25) is 0 Å². The van der Waals surface area contributed by atoms with Crippen molar-refractivity contribution in [1.82, 2.24) is 0 Å². The molecule has 1 aromatic rings. The highest BCUT2D eigenvalue weighted by molar-refractivity contribution is 6.36. The second-order valence-corrected chi connectivity index (χ2v) is 3.52. The van der Waals surface area contributed by atoms with Crippen molar-refractivity contribution in [3.63, 3.8) is 0 Å². The van der Waals surface area contributed by atoms with E-state index in [0.717, 1.165) is 11.2 Å². The molecule has 1 aromatic carbocycles. The first-order valence-electron chi connectivity index (χ1n) is 5.39. The van der Waals surface area contributed by atoms with Crippen LogP contribution in [0.1, 0.15) is 13.3 Å². The van der Waals surface area contributed by atoms with Crippen LogP contribution >= 0.6 is 0 Å². The van der Waals surface area contributed by atoms with E-state index in [0.29, 0.717) is 25.3 Å². The summed E-state index contributed by atoms with van der Waals surface area (Å²) >= 11 is 0. The van der Waals surface area contributed by atoms with Gasteiger partial charge < -0.3 is 15.8 Å². The molecule has 0 unspecified atom stereocenters. The van der Waals surface area contributed by atoms with E-state index in [1.807, 2.05) is 26.0 Å². The first-order chi connectivity index (χ1) is 7.65. The van der Waals surface area contributed by atoms with Gasteiger partial charge in [-0.25, -0.2) is 0 Å². The number of benzene rings is 1. The largest absolute Gasteiger partial charge is 0.466 e. The van der Waals surface area contributed by atoms with Crippen molar-refractivity contribution < 1.29 is 9.53 Å². The predicted molar refractivity (Wildman–Crippen MR) is 68.8 cm³/mol. The number of hydrogen-bond acceptors (Lipinski definition) is 4. The van der Waals surface area contributed by atoms with Crippen LogP contribution in [0.15, 0.2) is 18.2 Å². The number of nitrogens with two attached hydrogens (primary N) is 1. The summed E-state index contributed by atoms with van der Waals surface area (Å²) in [6.45, 7) is 2.75. The third-order valence-corrected chi connectivity index (χ3v) is 2.24. The van der Waals surface area contributed by atoms with Gasteiger partial charge in [-0.2, -0.15) is 0 Å². The average Bonchev–Trinajstić information content (AvgIpc) is 2.23. The molecule has 0 heterocycles. The summed E-state index contributed by atoms with van der Waals surface area (Å²) < 4.78 is 4.83. The number of hydrogen-bond donors (Lipinski definition) is 2. The molecule has 4 nitrogen and oxygen atoms in total. The fourth-order valence-corrected chi connectivity index (χ4v) is 1.45. The average molecular weight is 220 g/mol. The maximum Gasteiger partial charge on any atom is 0.307 e. The number of esters is 1. The van der Waals surface area contributed by atoms with Crippen LogP contribution in [0.4, 0.5) is 11.4 Å². The van der Waals surface area contributed by atoms with Crippen LogP contribution in [-0.4, -0.2) is 27.0 Å². The molecular formula is C11H17BN2O2. The van der Waals surface area contributed by atoms with E-state index in [2.05, 4.69) is 5.32 Å². The minimum atomic E-state index is -0.192. The third kappa shape index (κ3) is 3.49. The molecule has 0 aliphatic rings. The van der Waals surface area contributed by atoms with E-state index in [1.54, 1.807) is 6.92 Å². The molecule has 0 atom stereocenters.